The number of benzene rings is 1. The van der Waals surface area contributed by atoms with Crippen molar-refractivity contribution in [2.45, 2.75) is 45.1 Å². The number of halogens is 1. The summed E-state index contributed by atoms with van der Waals surface area (Å²) in [5, 5.41) is 9.57. The van der Waals surface area contributed by atoms with E-state index in [1.165, 1.54) is 5.56 Å². The molecule has 2 rings (SSSR count). The van der Waals surface area contributed by atoms with E-state index in [0.29, 0.717) is 18.4 Å². The van der Waals surface area contributed by atoms with Crippen LogP contribution < -0.4 is 0 Å². The molecular weight excluding hydrogens is 286 g/mol. The number of piperidine rings is 1. The van der Waals surface area contributed by atoms with Gasteiger partial charge in [-0.25, -0.2) is 0 Å². The van der Waals surface area contributed by atoms with E-state index in [4.69, 9.17) is 16.7 Å². The van der Waals surface area contributed by atoms with Crippen LogP contribution in [0.1, 0.15) is 50.6 Å². The van der Waals surface area contributed by atoms with E-state index in [-0.39, 0.29) is 0 Å². The summed E-state index contributed by atoms with van der Waals surface area (Å²) < 4.78 is 0. The second-order valence-electron chi connectivity index (χ2n) is 5.89. The summed E-state index contributed by atoms with van der Waals surface area (Å²) in [6.45, 7) is 4.31. The number of nitrogens with zero attached hydrogens (tertiary/aromatic N) is 1. The molecule has 3 nitrogen and oxygen atoms in total. The molecule has 1 aliphatic heterocycles. The molecular formula is C17H24ClNO2. The molecule has 1 aromatic rings. The Morgan fingerprint density at radius 2 is 2.14 bits per heavy atom. The van der Waals surface area contributed by atoms with Gasteiger partial charge in [0.25, 0.3) is 0 Å². The number of carboxylic acid groups (broad SMARTS) is 1. The Morgan fingerprint density at radius 1 is 1.43 bits per heavy atom. The largest absolute Gasteiger partial charge is 0.481 e. The normalized spacial score (nSPS) is 18.6. The van der Waals surface area contributed by atoms with Crippen molar-refractivity contribution in [3.8, 4) is 0 Å². The minimum Gasteiger partial charge on any atom is -0.481 e. The van der Waals surface area contributed by atoms with E-state index >= 15 is 0 Å². The van der Waals surface area contributed by atoms with Gasteiger partial charge in [-0.05, 0) is 62.4 Å². The van der Waals surface area contributed by atoms with Gasteiger partial charge in [0.15, 0.2) is 0 Å². The number of likely N-dealkylation sites (tertiary alicyclic amines) is 1. The van der Waals surface area contributed by atoms with Crippen LogP contribution in [0.3, 0.4) is 0 Å². The lowest BCUT2D eigenvalue weighted by Crippen LogP contribution is -2.36. The Morgan fingerprint density at radius 3 is 2.71 bits per heavy atom. The van der Waals surface area contributed by atoms with Crippen molar-refractivity contribution in [3.63, 3.8) is 0 Å². The lowest BCUT2D eigenvalue weighted by molar-refractivity contribution is -0.137. The number of carboxylic acids is 1. The van der Waals surface area contributed by atoms with Gasteiger partial charge < -0.3 is 5.11 Å². The molecule has 0 aliphatic carbocycles. The molecule has 1 heterocycles. The van der Waals surface area contributed by atoms with Crippen LogP contribution in [0.5, 0.6) is 0 Å². The standard InChI is InChI=1S/C17H24ClNO2/c1-2-16(14-4-3-5-15(18)12-14)19-10-8-13(9-11-19)6-7-17(20)21/h3-5,12-13,16H,2,6-11H2,1H3,(H,20,21). The molecule has 1 atom stereocenters. The average Bonchev–Trinajstić information content (AvgIpc) is 2.47. The van der Waals surface area contributed by atoms with E-state index in [1.54, 1.807) is 0 Å². The first kappa shape index (κ1) is 16.3. The third-order valence-electron chi connectivity index (χ3n) is 4.48. The molecule has 1 saturated heterocycles. The molecule has 0 aromatic heterocycles. The zero-order valence-electron chi connectivity index (χ0n) is 12.6. The third kappa shape index (κ3) is 4.72. The second kappa shape index (κ2) is 7.81. The lowest BCUT2D eigenvalue weighted by Gasteiger charge is -2.37. The van der Waals surface area contributed by atoms with Crippen LogP contribution in [-0.4, -0.2) is 29.1 Å². The number of hydrogen-bond acceptors (Lipinski definition) is 2. The van der Waals surface area contributed by atoms with Crippen LogP contribution in [-0.2, 0) is 4.79 Å². The number of hydrogen-bond donors (Lipinski definition) is 1. The first-order valence-corrected chi connectivity index (χ1v) is 8.19. The maximum atomic E-state index is 10.7. The molecule has 116 valence electrons. The van der Waals surface area contributed by atoms with Crippen LogP contribution in [0.15, 0.2) is 24.3 Å². The number of rotatable bonds is 6. The summed E-state index contributed by atoms with van der Waals surface area (Å²) in [5.74, 6) is -0.114. The summed E-state index contributed by atoms with van der Waals surface area (Å²) in [7, 11) is 0. The van der Waals surface area contributed by atoms with E-state index in [9.17, 15) is 4.79 Å². The summed E-state index contributed by atoms with van der Waals surface area (Å²) in [5.41, 5.74) is 1.29. The van der Waals surface area contributed by atoms with E-state index < -0.39 is 5.97 Å². The van der Waals surface area contributed by atoms with Crippen molar-refractivity contribution in [1.82, 2.24) is 4.90 Å². The quantitative estimate of drug-likeness (QED) is 0.848. The minimum atomic E-state index is -0.678. The van der Waals surface area contributed by atoms with Gasteiger partial charge in [-0.3, -0.25) is 9.69 Å². The maximum Gasteiger partial charge on any atom is 0.303 e. The molecule has 21 heavy (non-hydrogen) atoms. The second-order valence-corrected chi connectivity index (χ2v) is 6.33. The summed E-state index contributed by atoms with van der Waals surface area (Å²) in [6.07, 6.45) is 4.39. The average molecular weight is 310 g/mol. The number of carbonyl (C=O) groups is 1. The van der Waals surface area contributed by atoms with E-state index in [2.05, 4.69) is 24.0 Å². The first-order valence-electron chi connectivity index (χ1n) is 7.81. The topological polar surface area (TPSA) is 40.5 Å². The Balaban J connectivity index is 1.92. The van der Waals surface area contributed by atoms with Gasteiger partial charge in [0, 0.05) is 17.5 Å². The van der Waals surface area contributed by atoms with Crippen molar-refractivity contribution in [3.05, 3.63) is 34.9 Å². The summed E-state index contributed by atoms with van der Waals surface area (Å²) in [4.78, 5) is 13.2. The van der Waals surface area contributed by atoms with Gasteiger partial charge in [-0.15, -0.1) is 0 Å². The highest BCUT2D eigenvalue weighted by Gasteiger charge is 2.25. The van der Waals surface area contributed by atoms with Crippen molar-refractivity contribution in [1.29, 1.82) is 0 Å². The molecule has 0 bridgehead atoms. The zero-order chi connectivity index (χ0) is 15.2. The van der Waals surface area contributed by atoms with Crippen molar-refractivity contribution in [2.75, 3.05) is 13.1 Å². The minimum absolute atomic E-state index is 0.302. The maximum absolute atomic E-state index is 10.7. The zero-order valence-corrected chi connectivity index (χ0v) is 13.4. The molecule has 1 fully saturated rings. The fraction of sp³-hybridized carbons (Fsp3) is 0.588. The van der Waals surface area contributed by atoms with Gasteiger partial charge in [0.2, 0.25) is 0 Å². The Kier molecular flexibility index (Phi) is 6.07. The molecule has 1 aromatic carbocycles. The predicted molar refractivity (Wildman–Crippen MR) is 85.7 cm³/mol. The number of aliphatic carboxylic acids is 1. The Labute approximate surface area is 131 Å². The van der Waals surface area contributed by atoms with Crippen LogP contribution >= 0.6 is 11.6 Å². The fourth-order valence-electron chi connectivity index (χ4n) is 3.30. The molecule has 0 amide bonds. The molecule has 1 unspecified atom stereocenters. The Hall–Kier alpha value is -1.06. The Bertz CT molecular complexity index is 470. The molecule has 4 heteroatoms. The van der Waals surface area contributed by atoms with Crippen LogP contribution in [0.4, 0.5) is 0 Å². The van der Waals surface area contributed by atoms with Crippen LogP contribution in [0.2, 0.25) is 5.02 Å². The molecule has 1 N–H and O–H groups in total. The molecule has 0 saturated carbocycles. The third-order valence-corrected chi connectivity index (χ3v) is 4.71. The summed E-state index contributed by atoms with van der Waals surface area (Å²) >= 11 is 6.10. The van der Waals surface area contributed by atoms with Gasteiger partial charge in [-0.2, -0.15) is 0 Å². The van der Waals surface area contributed by atoms with Crippen molar-refractivity contribution >= 4 is 17.6 Å². The molecule has 0 spiro atoms. The van der Waals surface area contributed by atoms with Crippen molar-refractivity contribution in [2.24, 2.45) is 5.92 Å². The molecule has 1 aliphatic rings. The SMILES string of the molecule is CCC(c1cccc(Cl)c1)N1CCC(CCC(=O)O)CC1. The lowest BCUT2D eigenvalue weighted by atomic mass is 9.90. The van der Waals surface area contributed by atoms with Gasteiger partial charge >= 0.3 is 5.97 Å². The monoisotopic (exact) mass is 309 g/mol. The van der Waals surface area contributed by atoms with Gasteiger partial charge in [-0.1, -0.05) is 30.7 Å². The smallest absolute Gasteiger partial charge is 0.303 e. The molecule has 0 radical (unpaired) electrons. The highest BCUT2D eigenvalue weighted by Crippen LogP contribution is 2.31. The first-order chi connectivity index (χ1) is 10.1. The van der Waals surface area contributed by atoms with Crippen molar-refractivity contribution < 1.29 is 9.90 Å². The van der Waals surface area contributed by atoms with Crippen LogP contribution in [0.25, 0.3) is 0 Å². The van der Waals surface area contributed by atoms with E-state index in [0.717, 1.165) is 43.8 Å². The van der Waals surface area contributed by atoms with Crippen LogP contribution in [0, 0.1) is 5.92 Å². The summed E-state index contributed by atoms with van der Waals surface area (Å²) in [6, 6.07) is 8.56. The van der Waals surface area contributed by atoms with Gasteiger partial charge in [0.05, 0.1) is 0 Å². The van der Waals surface area contributed by atoms with E-state index in [1.807, 2.05) is 12.1 Å². The highest BCUT2D eigenvalue weighted by atomic mass is 35.5. The highest BCUT2D eigenvalue weighted by molar-refractivity contribution is 6.30. The van der Waals surface area contributed by atoms with Gasteiger partial charge in [0.1, 0.15) is 0 Å². The fourth-order valence-corrected chi connectivity index (χ4v) is 3.50. The predicted octanol–water partition coefficient (Wildman–Crippen LogP) is 4.37.